The minimum Gasteiger partial charge on any atom is -0.481 e. The van der Waals surface area contributed by atoms with Crippen LogP contribution in [0.1, 0.15) is 17.4 Å². The second kappa shape index (κ2) is 6.74. The predicted molar refractivity (Wildman–Crippen MR) is 85.0 cm³/mol. The molecule has 1 aromatic heterocycles. The number of aliphatic carboxylic acids is 1. The van der Waals surface area contributed by atoms with Crippen molar-refractivity contribution in [1.29, 1.82) is 0 Å². The van der Waals surface area contributed by atoms with E-state index < -0.39 is 11.9 Å². The summed E-state index contributed by atoms with van der Waals surface area (Å²) in [6, 6.07) is 7.60. The molecule has 1 aromatic carbocycles. The van der Waals surface area contributed by atoms with Crippen molar-refractivity contribution in [1.82, 2.24) is 14.5 Å². The molecule has 2 aromatic rings. The Morgan fingerprint density at radius 1 is 1.36 bits per heavy atom. The van der Waals surface area contributed by atoms with Crippen molar-refractivity contribution in [3.8, 4) is 5.69 Å². The molecule has 116 valence electrons. The molecular formula is C15H16BrN3O3. The molecule has 0 aliphatic carbocycles. The SMILES string of the molecule is CC(CN(C)C(=O)c1cn(-c2ccc(Br)cc2)cn1)C(=O)O. The van der Waals surface area contributed by atoms with Gasteiger partial charge in [0.05, 0.1) is 5.92 Å². The van der Waals surface area contributed by atoms with Crippen LogP contribution in [0.15, 0.2) is 41.3 Å². The molecule has 1 amide bonds. The molecule has 2 rings (SSSR count). The summed E-state index contributed by atoms with van der Waals surface area (Å²) in [5, 5.41) is 8.90. The fourth-order valence-corrected chi connectivity index (χ4v) is 2.22. The molecule has 22 heavy (non-hydrogen) atoms. The highest BCUT2D eigenvalue weighted by Crippen LogP contribution is 2.15. The van der Waals surface area contributed by atoms with Crippen LogP contribution in [0.3, 0.4) is 0 Å². The van der Waals surface area contributed by atoms with Crippen LogP contribution in [0.2, 0.25) is 0 Å². The summed E-state index contributed by atoms with van der Waals surface area (Å²) in [5.41, 5.74) is 1.17. The Bertz CT molecular complexity index is 682. The Balaban J connectivity index is 2.12. The zero-order valence-corrected chi connectivity index (χ0v) is 13.8. The third-order valence-corrected chi connectivity index (χ3v) is 3.77. The van der Waals surface area contributed by atoms with E-state index in [1.165, 1.54) is 4.90 Å². The number of hydrogen-bond donors (Lipinski definition) is 1. The molecule has 0 radical (unpaired) electrons. The van der Waals surface area contributed by atoms with Gasteiger partial charge in [0.2, 0.25) is 0 Å². The monoisotopic (exact) mass is 365 g/mol. The number of rotatable bonds is 5. The smallest absolute Gasteiger partial charge is 0.308 e. The van der Waals surface area contributed by atoms with Crippen molar-refractivity contribution in [3.05, 3.63) is 47.0 Å². The third-order valence-electron chi connectivity index (χ3n) is 3.24. The Kier molecular flexibility index (Phi) is 4.97. The highest BCUT2D eigenvalue weighted by molar-refractivity contribution is 9.10. The highest BCUT2D eigenvalue weighted by atomic mass is 79.9. The Morgan fingerprint density at radius 3 is 2.59 bits per heavy atom. The molecule has 1 heterocycles. The number of amides is 1. The Labute approximate surface area is 136 Å². The number of nitrogens with zero attached hydrogens (tertiary/aromatic N) is 3. The van der Waals surface area contributed by atoms with E-state index >= 15 is 0 Å². The topological polar surface area (TPSA) is 75.4 Å². The van der Waals surface area contributed by atoms with Crippen molar-refractivity contribution in [2.45, 2.75) is 6.92 Å². The lowest BCUT2D eigenvalue weighted by Gasteiger charge is -2.18. The molecule has 0 fully saturated rings. The first-order chi connectivity index (χ1) is 10.4. The lowest BCUT2D eigenvalue weighted by molar-refractivity contribution is -0.141. The van der Waals surface area contributed by atoms with Gasteiger partial charge in [-0.3, -0.25) is 9.59 Å². The van der Waals surface area contributed by atoms with Crippen LogP contribution in [0.4, 0.5) is 0 Å². The fourth-order valence-electron chi connectivity index (χ4n) is 1.96. The number of hydrogen-bond acceptors (Lipinski definition) is 3. The van der Waals surface area contributed by atoms with Crippen molar-refractivity contribution in [2.75, 3.05) is 13.6 Å². The van der Waals surface area contributed by atoms with Crippen LogP contribution < -0.4 is 0 Å². The number of carbonyl (C=O) groups excluding carboxylic acids is 1. The van der Waals surface area contributed by atoms with Gasteiger partial charge in [-0.15, -0.1) is 0 Å². The minimum absolute atomic E-state index is 0.138. The number of halogens is 1. The Hall–Kier alpha value is -2.15. The van der Waals surface area contributed by atoms with Crippen LogP contribution in [0.25, 0.3) is 5.69 Å². The molecule has 0 saturated heterocycles. The first-order valence-corrected chi connectivity index (χ1v) is 7.46. The van der Waals surface area contributed by atoms with Gasteiger partial charge in [0.25, 0.3) is 5.91 Å². The zero-order chi connectivity index (χ0) is 16.3. The van der Waals surface area contributed by atoms with Crippen LogP contribution in [0, 0.1) is 5.92 Å². The van der Waals surface area contributed by atoms with Gasteiger partial charge in [0, 0.05) is 29.9 Å². The van der Waals surface area contributed by atoms with E-state index in [-0.39, 0.29) is 18.1 Å². The van der Waals surface area contributed by atoms with Crippen molar-refractivity contribution in [2.24, 2.45) is 5.92 Å². The second-order valence-electron chi connectivity index (χ2n) is 5.07. The molecule has 0 spiro atoms. The van der Waals surface area contributed by atoms with Gasteiger partial charge >= 0.3 is 5.97 Å². The summed E-state index contributed by atoms with van der Waals surface area (Å²) in [7, 11) is 1.57. The van der Waals surface area contributed by atoms with E-state index in [2.05, 4.69) is 20.9 Å². The molecule has 1 unspecified atom stereocenters. The molecule has 0 bridgehead atoms. The number of carboxylic acids is 1. The van der Waals surface area contributed by atoms with Gasteiger partial charge in [-0.25, -0.2) is 4.98 Å². The van der Waals surface area contributed by atoms with E-state index in [4.69, 9.17) is 5.11 Å². The molecule has 1 N–H and O–H groups in total. The normalized spacial score (nSPS) is 12.0. The maximum Gasteiger partial charge on any atom is 0.308 e. The second-order valence-corrected chi connectivity index (χ2v) is 5.98. The van der Waals surface area contributed by atoms with Gasteiger partial charge in [0.15, 0.2) is 0 Å². The third kappa shape index (κ3) is 3.73. The molecule has 0 saturated carbocycles. The standard InChI is InChI=1S/C15H16BrN3O3/c1-10(15(21)22)7-18(2)14(20)13-8-19(9-17-13)12-5-3-11(16)4-6-12/h3-6,8-10H,7H2,1-2H3,(H,21,22). The summed E-state index contributed by atoms with van der Waals surface area (Å²) in [6.07, 6.45) is 3.19. The van der Waals surface area contributed by atoms with Crippen molar-refractivity contribution in [3.63, 3.8) is 0 Å². The highest BCUT2D eigenvalue weighted by Gasteiger charge is 2.20. The number of carboxylic acid groups (broad SMARTS) is 1. The number of benzene rings is 1. The molecule has 7 heteroatoms. The van der Waals surface area contributed by atoms with Crippen molar-refractivity contribution < 1.29 is 14.7 Å². The van der Waals surface area contributed by atoms with Crippen LogP contribution in [0.5, 0.6) is 0 Å². The summed E-state index contributed by atoms with van der Waals surface area (Å²) in [4.78, 5) is 28.6. The van der Waals surface area contributed by atoms with Gasteiger partial charge in [0.1, 0.15) is 12.0 Å². The zero-order valence-electron chi connectivity index (χ0n) is 12.2. The maximum atomic E-state index is 12.3. The molecule has 0 aliphatic rings. The number of aromatic nitrogens is 2. The molecule has 0 aliphatic heterocycles. The quantitative estimate of drug-likeness (QED) is 0.882. The average molecular weight is 366 g/mol. The molecule has 6 nitrogen and oxygen atoms in total. The number of imidazole rings is 1. The maximum absolute atomic E-state index is 12.3. The minimum atomic E-state index is -0.931. The largest absolute Gasteiger partial charge is 0.481 e. The number of carbonyl (C=O) groups is 2. The fraction of sp³-hybridized carbons (Fsp3) is 0.267. The first kappa shape index (κ1) is 16.2. The van der Waals surface area contributed by atoms with E-state index in [0.717, 1.165) is 10.2 Å². The Morgan fingerprint density at radius 2 is 2.00 bits per heavy atom. The van der Waals surface area contributed by atoms with E-state index in [1.54, 1.807) is 31.1 Å². The van der Waals surface area contributed by atoms with E-state index in [0.29, 0.717) is 0 Å². The summed E-state index contributed by atoms with van der Waals surface area (Å²) in [6.45, 7) is 1.70. The van der Waals surface area contributed by atoms with E-state index in [9.17, 15) is 9.59 Å². The van der Waals surface area contributed by atoms with Crippen LogP contribution in [-0.2, 0) is 4.79 Å². The lowest BCUT2D eigenvalue weighted by Crippen LogP contribution is -2.33. The van der Waals surface area contributed by atoms with Crippen molar-refractivity contribution >= 4 is 27.8 Å². The van der Waals surface area contributed by atoms with Gasteiger partial charge in [-0.2, -0.15) is 0 Å². The van der Waals surface area contributed by atoms with Crippen LogP contribution >= 0.6 is 15.9 Å². The van der Waals surface area contributed by atoms with Crippen LogP contribution in [-0.4, -0.2) is 45.0 Å². The summed E-state index contributed by atoms with van der Waals surface area (Å²) >= 11 is 3.37. The first-order valence-electron chi connectivity index (χ1n) is 6.66. The van der Waals surface area contributed by atoms with Gasteiger partial charge in [-0.1, -0.05) is 22.9 Å². The van der Waals surface area contributed by atoms with E-state index in [1.807, 2.05) is 24.3 Å². The lowest BCUT2D eigenvalue weighted by atomic mass is 10.2. The molecule has 1 atom stereocenters. The molecular weight excluding hydrogens is 350 g/mol. The van der Waals surface area contributed by atoms with Gasteiger partial charge < -0.3 is 14.6 Å². The average Bonchev–Trinajstić information content (AvgIpc) is 2.96. The summed E-state index contributed by atoms with van der Waals surface area (Å²) < 4.78 is 2.71. The summed E-state index contributed by atoms with van der Waals surface area (Å²) in [5.74, 6) is -1.86. The predicted octanol–water partition coefficient (Wildman–Crippen LogP) is 2.43. The van der Waals surface area contributed by atoms with Gasteiger partial charge in [-0.05, 0) is 24.3 Å².